The number of ether oxygens (including phenoxy) is 1. The fourth-order valence-electron chi connectivity index (χ4n) is 2.33. The van der Waals surface area contributed by atoms with Crippen LogP contribution in [0.15, 0.2) is 47.1 Å². The van der Waals surface area contributed by atoms with Crippen LogP contribution >= 0.6 is 11.3 Å². The molecule has 2 heterocycles. The number of carbonyl (C=O) groups is 1. The summed E-state index contributed by atoms with van der Waals surface area (Å²) in [4.78, 5) is 19.5. The van der Waals surface area contributed by atoms with E-state index in [2.05, 4.69) is 4.98 Å². The fourth-order valence-corrected chi connectivity index (χ4v) is 3.40. The number of methoxy groups -OCH3 is 1. The molecule has 2 aromatic heterocycles. The van der Waals surface area contributed by atoms with Crippen LogP contribution in [0, 0.1) is 6.92 Å². The Bertz CT molecular complexity index is 823. The van der Waals surface area contributed by atoms with Crippen molar-refractivity contribution in [1.82, 2.24) is 9.88 Å². The van der Waals surface area contributed by atoms with Crippen LogP contribution in [-0.2, 0) is 6.54 Å². The average Bonchev–Trinajstić information content (AvgIpc) is 3.24. The van der Waals surface area contributed by atoms with Gasteiger partial charge in [0.05, 0.1) is 25.6 Å². The van der Waals surface area contributed by atoms with Gasteiger partial charge in [-0.05, 0) is 43.3 Å². The molecule has 24 heavy (non-hydrogen) atoms. The van der Waals surface area contributed by atoms with Gasteiger partial charge in [0.25, 0.3) is 5.91 Å². The fraction of sp³-hybridized carbons (Fsp3) is 0.222. The summed E-state index contributed by atoms with van der Waals surface area (Å²) in [5.41, 5.74) is 1.71. The Kier molecular flexibility index (Phi) is 4.66. The van der Waals surface area contributed by atoms with Crippen LogP contribution in [0.25, 0.3) is 10.6 Å². The molecule has 3 aromatic rings. The van der Waals surface area contributed by atoms with Crippen LogP contribution < -0.4 is 4.74 Å². The third-order valence-corrected chi connectivity index (χ3v) is 4.84. The molecule has 6 heteroatoms. The SMILES string of the molecule is COc1ccc(-c2nc(C)c(C(=O)N(C)Cc3ccco3)s2)cc1. The number of rotatable bonds is 5. The molecule has 124 valence electrons. The largest absolute Gasteiger partial charge is 0.497 e. The number of hydrogen-bond donors (Lipinski definition) is 0. The lowest BCUT2D eigenvalue weighted by Crippen LogP contribution is -2.25. The Hall–Kier alpha value is -2.60. The number of carbonyl (C=O) groups excluding carboxylic acids is 1. The van der Waals surface area contributed by atoms with Gasteiger partial charge in [-0.1, -0.05) is 0 Å². The van der Waals surface area contributed by atoms with Gasteiger partial charge < -0.3 is 14.1 Å². The molecule has 0 atom stereocenters. The van der Waals surface area contributed by atoms with Crippen molar-refractivity contribution in [1.29, 1.82) is 0 Å². The second-order valence-corrected chi connectivity index (χ2v) is 6.40. The van der Waals surface area contributed by atoms with E-state index in [0.717, 1.165) is 27.8 Å². The quantitative estimate of drug-likeness (QED) is 0.703. The van der Waals surface area contributed by atoms with E-state index < -0.39 is 0 Å². The minimum Gasteiger partial charge on any atom is -0.497 e. The molecule has 0 N–H and O–H groups in total. The van der Waals surface area contributed by atoms with E-state index in [1.807, 2.05) is 43.3 Å². The molecule has 0 saturated carbocycles. The van der Waals surface area contributed by atoms with Gasteiger partial charge in [0.15, 0.2) is 0 Å². The number of amides is 1. The van der Waals surface area contributed by atoms with Crippen LogP contribution in [0.4, 0.5) is 0 Å². The Morgan fingerprint density at radius 2 is 2.04 bits per heavy atom. The summed E-state index contributed by atoms with van der Waals surface area (Å²) < 4.78 is 10.5. The number of thiazole rings is 1. The first kappa shape index (κ1) is 16.3. The molecular formula is C18H18N2O3S. The third-order valence-electron chi connectivity index (χ3n) is 3.65. The number of aryl methyl sites for hydroxylation is 1. The molecule has 0 bridgehead atoms. The highest BCUT2D eigenvalue weighted by atomic mass is 32.1. The highest BCUT2D eigenvalue weighted by molar-refractivity contribution is 7.17. The van der Waals surface area contributed by atoms with Crippen molar-refractivity contribution in [2.24, 2.45) is 0 Å². The van der Waals surface area contributed by atoms with Crippen molar-refractivity contribution in [3.8, 4) is 16.3 Å². The molecule has 0 aliphatic heterocycles. The number of nitrogens with zero attached hydrogens (tertiary/aromatic N) is 2. The van der Waals surface area contributed by atoms with Crippen molar-refractivity contribution >= 4 is 17.2 Å². The van der Waals surface area contributed by atoms with E-state index in [1.54, 1.807) is 25.3 Å². The molecule has 0 saturated heterocycles. The zero-order valence-electron chi connectivity index (χ0n) is 13.8. The van der Waals surface area contributed by atoms with Crippen LogP contribution in [0.2, 0.25) is 0 Å². The van der Waals surface area contributed by atoms with Gasteiger partial charge in [0.2, 0.25) is 0 Å². The predicted octanol–water partition coefficient (Wildman–Crippen LogP) is 3.99. The number of furan rings is 1. The van der Waals surface area contributed by atoms with E-state index in [9.17, 15) is 4.79 Å². The van der Waals surface area contributed by atoms with Gasteiger partial charge in [0.1, 0.15) is 21.4 Å². The number of hydrogen-bond acceptors (Lipinski definition) is 5. The second-order valence-electron chi connectivity index (χ2n) is 5.40. The molecule has 1 aromatic carbocycles. The van der Waals surface area contributed by atoms with E-state index in [1.165, 1.54) is 11.3 Å². The predicted molar refractivity (Wildman–Crippen MR) is 93.3 cm³/mol. The molecule has 0 radical (unpaired) electrons. The summed E-state index contributed by atoms with van der Waals surface area (Å²) in [7, 11) is 3.39. The molecule has 3 rings (SSSR count). The smallest absolute Gasteiger partial charge is 0.266 e. The van der Waals surface area contributed by atoms with Gasteiger partial charge in [0, 0.05) is 12.6 Å². The van der Waals surface area contributed by atoms with Crippen molar-refractivity contribution < 1.29 is 13.9 Å². The molecule has 0 unspecified atom stereocenters. The van der Waals surface area contributed by atoms with E-state index in [0.29, 0.717) is 11.4 Å². The van der Waals surface area contributed by atoms with E-state index in [4.69, 9.17) is 9.15 Å². The summed E-state index contributed by atoms with van der Waals surface area (Å²) in [5, 5.41) is 0.824. The van der Waals surface area contributed by atoms with Gasteiger partial charge in [-0.3, -0.25) is 4.79 Å². The lowest BCUT2D eigenvalue weighted by Gasteiger charge is -2.14. The van der Waals surface area contributed by atoms with Crippen LogP contribution in [0.1, 0.15) is 21.1 Å². The van der Waals surface area contributed by atoms with Gasteiger partial charge >= 0.3 is 0 Å². The lowest BCUT2D eigenvalue weighted by atomic mass is 10.2. The van der Waals surface area contributed by atoms with E-state index in [-0.39, 0.29) is 5.91 Å². The number of benzene rings is 1. The molecular weight excluding hydrogens is 324 g/mol. The van der Waals surface area contributed by atoms with Gasteiger partial charge in [-0.2, -0.15) is 0 Å². The maximum atomic E-state index is 12.7. The van der Waals surface area contributed by atoms with Gasteiger partial charge in [-0.25, -0.2) is 4.98 Å². The highest BCUT2D eigenvalue weighted by Gasteiger charge is 2.20. The Balaban J connectivity index is 1.81. The first-order valence-corrected chi connectivity index (χ1v) is 8.30. The minimum atomic E-state index is -0.0545. The second kappa shape index (κ2) is 6.88. The minimum absolute atomic E-state index is 0.0545. The Labute approximate surface area is 144 Å². The van der Waals surface area contributed by atoms with E-state index >= 15 is 0 Å². The highest BCUT2D eigenvalue weighted by Crippen LogP contribution is 2.30. The topological polar surface area (TPSA) is 55.6 Å². The van der Waals surface area contributed by atoms with Crippen LogP contribution in [0.5, 0.6) is 5.75 Å². The molecule has 0 spiro atoms. The Morgan fingerprint density at radius 1 is 1.29 bits per heavy atom. The monoisotopic (exact) mass is 342 g/mol. The maximum absolute atomic E-state index is 12.7. The molecule has 0 aliphatic rings. The van der Waals surface area contributed by atoms with Crippen LogP contribution in [0.3, 0.4) is 0 Å². The standard InChI is InChI=1S/C18H18N2O3S/c1-12-16(18(21)20(2)11-15-5-4-10-23-15)24-17(19-12)13-6-8-14(22-3)9-7-13/h4-10H,11H2,1-3H3. The molecule has 1 amide bonds. The summed E-state index contributed by atoms with van der Waals surface area (Å²) >= 11 is 1.40. The van der Waals surface area contributed by atoms with Gasteiger partial charge in [-0.15, -0.1) is 11.3 Å². The van der Waals surface area contributed by atoms with Crippen molar-refractivity contribution in [2.75, 3.05) is 14.2 Å². The molecule has 0 fully saturated rings. The summed E-state index contributed by atoms with van der Waals surface area (Å²) in [6.07, 6.45) is 1.60. The summed E-state index contributed by atoms with van der Waals surface area (Å²) in [5.74, 6) is 1.49. The first-order valence-electron chi connectivity index (χ1n) is 7.48. The number of aromatic nitrogens is 1. The summed E-state index contributed by atoms with van der Waals surface area (Å²) in [6.45, 7) is 2.29. The molecule has 0 aliphatic carbocycles. The van der Waals surface area contributed by atoms with Crippen LogP contribution in [-0.4, -0.2) is 29.9 Å². The van der Waals surface area contributed by atoms with Crippen molar-refractivity contribution in [2.45, 2.75) is 13.5 Å². The summed E-state index contributed by atoms with van der Waals surface area (Å²) in [6, 6.07) is 11.3. The lowest BCUT2D eigenvalue weighted by molar-refractivity contribution is 0.0779. The third kappa shape index (κ3) is 3.33. The Morgan fingerprint density at radius 3 is 2.67 bits per heavy atom. The zero-order valence-corrected chi connectivity index (χ0v) is 14.6. The van der Waals surface area contributed by atoms with Crippen molar-refractivity contribution in [3.63, 3.8) is 0 Å². The maximum Gasteiger partial charge on any atom is 0.266 e. The zero-order chi connectivity index (χ0) is 17.1. The van der Waals surface area contributed by atoms with Crippen molar-refractivity contribution in [3.05, 3.63) is 59.0 Å². The first-order chi connectivity index (χ1) is 11.6. The normalized spacial score (nSPS) is 10.6. The molecule has 5 nitrogen and oxygen atoms in total. The average molecular weight is 342 g/mol.